The van der Waals surface area contributed by atoms with E-state index in [0.717, 1.165) is 19.3 Å². The van der Waals surface area contributed by atoms with Gasteiger partial charge in [0.15, 0.2) is 0 Å². The molecule has 1 N–H and O–H groups in total. The number of carboxylic acids is 1. The molecule has 2 atom stereocenters. The molecule has 94 valence electrons. The fraction of sp³-hybridized carbons (Fsp3) is 0.692. The van der Waals surface area contributed by atoms with Crippen LogP contribution < -0.4 is 0 Å². The third kappa shape index (κ3) is 2.35. The number of rotatable bonds is 2. The lowest BCUT2D eigenvalue weighted by atomic mass is 9.90. The summed E-state index contributed by atoms with van der Waals surface area (Å²) in [5.41, 5.74) is -0.750. The van der Waals surface area contributed by atoms with Gasteiger partial charge in [-0.1, -0.05) is 12.2 Å². The van der Waals surface area contributed by atoms with Crippen LogP contribution in [0.5, 0.6) is 0 Å². The largest absolute Gasteiger partial charge is 0.481 e. The van der Waals surface area contributed by atoms with E-state index >= 15 is 0 Å². The summed E-state index contributed by atoms with van der Waals surface area (Å²) in [6, 6.07) is 0. The van der Waals surface area contributed by atoms with Crippen LogP contribution in [0.15, 0.2) is 12.2 Å². The Morgan fingerprint density at radius 3 is 2.71 bits per heavy atom. The van der Waals surface area contributed by atoms with E-state index in [0.29, 0.717) is 19.5 Å². The van der Waals surface area contributed by atoms with Crippen molar-refractivity contribution in [3.8, 4) is 0 Å². The monoisotopic (exact) mass is 237 g/mol. The maximum atomic E-state index is 12.2. The molecular weight excluding hydrogens is 218 g/mol. The van der Waals surface area contributed by atoms with Crippen molar-refractivity contribution >= 4 is 11.9 Å². The van der Waals surface area contributed by atoms with Crippen molar-refractivity contribution in [1.29, 1.82) is 0 Å². The molecule has 0 saturated carbocycles. The Balaban J connectivity index is 1.98. The maximum absolute atomic E-state index is 12.2. The minimum atomic E-state index is -0.795. The summed E-state index contributed by atoms with van der Waals surface area (Å²) < 4.78 is 0. The Morgan fingerprint density at radius 2 is 2.18 bits per heavy atom. The first-order valence-corrected chi connectivity index (χ1v) is 6.20. The lowest BCUT2D eigenvalue weighted by molar-refractivity contribution is -0.147. The van der Waals surface area contributed by atoms with Crippen LogP contribution in [0.3, 0.4) is 0 Å². The standard InChI is InChI=1S/C13H19NO3/c1-13(12(16)17)7-8-14(9-13)11(15)10-5-3-2-4-6-10/h2-3,10H,4-9H2,1H3,(H,16,17)/t10-,13-/m1/s1. The van der Waals surface area contributed by atoms with Crippen LogP contribution in [-0.2, 0) is 9.59 Å². The minimum Gasteiger partial charge on any atom is -0.481 e. The minimum absolute atomic E-state index is 0.0659. The first-order valence-electron chi connectivity index (χ1n) is 6.20. The molecule has 4 heteroatoms. The zero-order chi connectivity index (χ0) is 12.5. The van der Waals surface area contributed by atoms with Crippen molar-refractivity contribution in [2.45, 2.75) is 32.6 Å². The number of carbonyl (C=O) groups is 2. The van der Waals surface area contributed by atoms with E-state index in [2.05, 4.69) is 12.2 Å². The highest BCUT2D eigenvalue weighted by molar-refractivity contribution is 5.82. The molecule has 0 aromatic rings. The number of likely N-dealkylation sites (tertiary alicyclic amines) is 1. The Kier molecular flexibility index (Phi) is 3.22. The van der Waals surface area contributed by atoms with Crippen LogP contribution in [-0.4, -0.2) is 35.0 Å². The number of hydrogen-bond acceptors (Lipinski definition) is 2. The number of aliphatic carboxylic acids is 1. The molecule has 1 aliphatic carbocycles. The predicted molar refractivity (Wildman–Crippen MR) is 63.4 cm³/mol. The zero-order valence-corrected chi connectivity index (χ0v) is 10.2. The summed E-state index contributed by atoms with van der Waals surface area (Å²) in [7, 11) is 0. The van der Waals surface area contributed by atoms with Gasteiger partial charge in [0.05, 0.1) is 5.41 Å². The smallest absolute Gasteiger partial charge is 0.311 e. The summed E-state index contributed by atoms with van der Waals surface area (Å²) in [4.78, 5) is 25.1. The van der Waals surface area contributed by atoms with Gasteiger partial charge in [0.25, 0.3) is 0 Å². The summed E-state index contributed by atoms with van der Waals surface area (Å²) >= 11 is 0. The average Bonchev–Trinajstić information content (AvgIpc) is 2.74. The summed E-state index contributed by atoms with van der Waals surface area (Å²) in [5.74, 6) is -0.591. The number of carbonyl (C=O) groups excluding carboxylic acids is 1. The van der Waals surface area contributed by atoms with E-state index in [1.165, 1.54) is 0 Å². The zero-order valence-electron chi connectivity index (χ0n) is 10.2. The molecule has 1 fully saturated rings. The van der Waals surface area contributed by atoms with Crippen LogP contribution in [0.4, 0.5) is 0 Å². The van der Waals surface area contributed by atoms with Gasteiger partial charge < -0.3 is 10.0 Å². The molecule has 2 aliphatic rings. The number of amides is 1. The third-order valence-corrected chi connectivity index (χ3v) is 3.92. The lowest BCUT2D eigenvalue weighted by Gasteiger charge is -2.25. The van der Waals surface area contributed by atoms with Gasteiger partial charge in [-0.2, -0.15) is 0 Å². The number of hydrogen-bond donors (Lipinski definition) is 1. The van der Waals surface area contributed by atoms with Crippen LogP contribution in [0.25, 0.3) is 0 Å². The molecule has 2 rings (SSSR count). The number of allylic oxidation sites excluding steroid dienone is 2. The topological polar surface area (TPSA) is 57.6 Å². The molecule has 4 nitrogen and oxygen atoms in total. The lowest BCUT2D eigenvalue weighted by Crippen LogP contribution is -2.38. The first kappa shape index (κ1) is 12.1. The van der Waals surface area contributed by atoms with Gasteiger partial charge in [0.2, 0.25) is 5.91 Å². The van der Waals surface area contributed by atoms with Gasteiger partial charge in [0, 0.05) is 19.0 Å². The fourth-order valence-electron chi connectivity index (χ4n) is 2.60. The molecule has 0 aromatic heterocycles. The normalized spacial score (nSPS) is 32.8. The van der Waals surface area contributed by atoms with Gasteiger partial charge in [-0.15, -0.1) is 0 Å². The second-order valence-corrected chi connectivity index (χ2v) is 5.36. The Bertz CT molecular complexity index is 364. The second-order valence-electron chi connectivity index (χ2n) is 5.36. The molecule has 0 unspecified atom stereocenters. The van der Waals surface area contributed by atoms with Gasteiger partial charge >= 0.3 is 5.97 Å². The molecule has 1 saturated heterocycles. The molecule has 0 aromatic carbocycles. The Morgan fingerprint density at radius 1 is 1.41 bits per heavy atom. The molecule has 1 aliphatic heterocycles. The SMILES string of the molecule is C[C@@]1(C(=O)O)CCN(C(=O)[C@@H]2CC=CCC2)C1. The van der Waals surface area contributed by atoms with E-state index in [-0.39, 0.29) is 11.8 Å². The molecule has 0 spiro atoms. The number of nitrogens with zero attached hydrogens (tertiary/aromatic N) is 1. The second kappa shape index (κ2) is 4.51. The highest BCUT2D eigenvalue weighted by Gasteiger charge is 2.43. The summed E-state index contributed by atoms with van der Waals surface area (Å²) in [6.07, 6.45) is 7.39. The third-order valence-electron chi connectivity index (χ3n) is 3.92. The molecule has 17 heavy (non-hydrogen) atoms. The quantitative estimate of drug-likeness (QED) is 0.743. The maximum Gasteiger partial charge on any atom is 0.311 e. The molecular formula is C13H19NO3. The van der Waals surface area contributed by atoms with E-state index < -0.39 is 11.4 Å². The molecule has 0 radical (unpaired) electrons. The van der Waals surface area contributed by atoms with Crippen molar-refractivity contribution in [2.24, 2.45) is 11.3 Å². The first-order chi connectivity index (χ1) is 8.03. The molecule has 1 amide bonds. The van der Waals surface area contributed by atoms with Crippen LogP contribution in [0.2, 0.25) is 0 Å². The van der Waals surface area contributed by atoms with E-state index in [9.17, 15) is 9.59 Å². The van der Waals surface area contributed by atoms with E-state index in [4.69, 9.17) is 5.11 Å². The van der Waals surface area contributed by atoms with E-state index in [1.807, 2.05) is 0 Å². The van der Waals surface area contributed by atoms with Gasteiger partial charge in [-0.3, -0.25) is 9.59 Å². The molecule has 0 bridgehead atoms. The average molecular weight is 237 g/mol. The van der Waals surface area contributed by atoms with Crippen molar-refractivity contribution in [2.75, 3.05) is 13.1 Å². The van der Waals surface area contributed by atoms with Gasteiger partial charge in [-0.05, 0) is 32.6 Å². The van der Waals surface area contributed by atoms with Gasteiger partial charge in [-0.25, -0.2) is 0 Å². The Labute approximate surface area is 101 Å². The van der Waals surface area contributed by atoms with Crippen molar-refractivity contribution in [3.05, 3.63) is 12.2 Å². The van der Waals surface area contributed by atoms with Crippen molar-refractivity contribution in [1.82, 2.24) is 4.90 Å². The molecule has 1 heterocycles. The fourth-order valence-corrected chi connectivity index (χ4v) is 2.60. The van der Waals surface area contributed by atoms with E-state index in [1.54, 1.807) is 11.8 Å². The van der Waals surface area contributed by atoms with Gasteiger partial charge in [0.1, 0.15) is 0 Å². The van der Waals surface area contributed by atoms with Crippen molar-refractivity contribution in [3.63, 3.8) is 0 Å². The van der Waals surface area contributed by atoms with Crippen LogP contribution in [0, 0.1) is 11.3 Å². The van der Waals surface area contributed by atoms with Crippen LogP contribution >= 0.6 is 0 Å². The van der Waals surface area contributed by atoms with Crippen LogP contribution in [0.1, 0.15) is 32.6 Å². The summed E-state index contributed by atoms with van der Waals surface area (Å²) in [5, 5.41) is 9.13. The highest BCUT2D eigenvalue weighted by Crippen LogP contribution is 2.32. The summed E-state index contributed by atoms with van der Waals surface area (Å²) in [6.45, 7) is 2.67. The highest BCUT2D eigenvalue weighted by atomic mass is 16.4. The number of carboxylic acid groups (broad SMARTS) is 1. The Hall–Kier alpha value is -1.32. The predicted octanol–water partition coefficient (Wildman–Crippen LogP) is 1.67. The van der Waals surface area contributed by atoms with Crippen molar-refractivity contribution < 1.29 is 14.7 Å².